The zero-order valence-corrected chi connectivity index (χ0v) is 17.3. The number of fused-ring (bicyclic) bond motifs is 1. The van der Waals surface area contributed by atoms with Gasteiger partial charge in [0.25, 0.3) is 0 Å². The molecule has 1 N–H and O–H groups in total. The first-order chi connectivity index (χ1) is 15.4. The van der Waals surface area contributed by atoms with E-state index in [1.54, 1.807) is 10.7 Å². The van der Waals surface area contributed by atoms with E-state index in [2.05, 4.69) is 10.00 Å². The number of benzene rings is 3. The Balaban J connectivity index is 1.62. The molecule has 0 saturated carbocycles. The van der Waals surface area contributed by atoms with Crippen LogP contribution in [0.15, 0.2) is 72.8 Å². The van der Waals surface area contributed by atoms with Gasteiger partial charge in [0, 0.05) is 29.7 Å². The molecule has 5 rings (SSSR count). The molecule has 3 aromatic carbocycles. The lowest BCUT2D eigenvalue weighted by Gasteiger charge is -2.18. The highest BCUT2D eigenvalue weighted by atomic mass is 19.4. The third-order valence-electron chi connectivity index (χ3n) is 5.92. The maximum absolute atomic E-state index is 13.7. The number of rotatable bonds is 4. The summed E-state index contributed by atoms with van der Waals surface area (Å²) < 4.78 is 42.7. The lowest BCUT2D eigenvalue weighted by molar-refractivity contribution is -0.136. The fourth-order valence-corrected chi connectivity index (χ4v) is 4.36. The second kappa shape index (κ2) is 7.98. The highest BCUT2D eigenvalue weighted by Crippen LogP contribution is 2.38. The predicted molar refractivity (Wildman–Crippen MR) is 119 cm³/mol. The van der Waals surface area contributed by atoms with Gasteiger partial charge >= 0.3 is 6.18 Å². The van der Waals surface area contributed by atoms with Crippen molar-refractivity contribution in [3.05, 3.63) is 83.9 Å². The lowest BCUT2D eigenvalue weighted by Crippen LogP contribution is -2.20. The summed E-state index contributed by atoms with van der Waals surface area (Å²) in [6, 6.07) is 21.5. The van der Waals surface area contributed by atoms with Crippen LogP contribution in [0.4, 0.5) is 18.9 Å². The first kappa shape index (κ1) is 20.6. The molecule has 1 aliphatic heterocycles. The van der Waals surface area contributed by atoms with Gasteiger partial charge in [-0.05, 0) is 30.2 Å². The Kier molecular flexibility index (Phi) is 5.13. The molecule has 4 aromatic rings. The van der Waals surface area contributed by atoms with Crippen molar-refractivity contribution < 1.29 is 18.3 Å². The van der Waals surface area contributed by atoms with Gasteiger partial charge in [-0.15, -0.1) is 0 Å². The zero-order chi connectivity index (χ0) is 22.3. The van der Waals surface area contributed by atoms with E-state index in [1.165, 1.54) is 6.07 Å². The number of aliphatic hydroxyl groups is 1. The maximum Gasteiger partial charge on any atom is 0.418 e. The van der Waals surface area contributed by atoms with E-state index in [-0.39, 0.29) is 11.6 Å². The van der Waals surface area contributed by atoms with Gasteiger partial charge in [0.2, 0.25) is 0 Å². The Morgan fingerprint density at radius 3 is 2.34 bits per heavy atom. The molecule has 164 valence electrons. The zero-order valence-electron chi connectivity index (χ0n) is 17.3. The summed E-state index contributed by atoms with van der Waals surface area (Å²) in [4.78, 5) is 2.11. The molecule has 1 fully saturated rings. The molecule has 1 aliphatic rings. The van der Waals surface area contributed by atoms with Crippen molar-refractivity contribution in [2.75, 3.05) is 18.0 Å². The van der Waals surface area contributed by atoms with Gasteiger partial charge in [-0.25, -0.2) is 0 Å². The van der Waals surface area contributed by atoms with Crippen LogP contribution < -0.4 is 4.90 Å². The topological polar surface area (TPSA) is 41.3 Å². The predicted octanol–water partition coefficient (Wildman–Crippen LogP) is 5.34. The maximum atomic E-state index is 13.7. The number of aromatic nitrogens is 2. The average molecular weight is 437 g/mol. The minimum Gasteiger partial charge on any atom is -0.391 e. The van der Waals surface area contributed by atoms with E-state index in [0.29, 0.717) is 24.2 Å². The van der Waals surface area contributed by atoms with Crippen LogP contribution in [-0.4, -0.2) is 34.1 Å². The van der Waals surface area contributed by atoms with E-state index < -0.39 is 11.7 Å². The van der Waals surface area contributed by atoms with Gasteiger partial charge in [0.15, 0.2) is 0 Å². The minimum absolute atomic E-state index is 0.0438. The highest BCUT2D eigenvalue weighted by Gasteiger charge is 2.34. The van der Waals surface area contributed by atoms with E-state index in [0.717, 1.165) is 35.8 Å². The van der Waals surface area contributed by atoms with Crippen molar-refractivity contribution in [1.82, 2.24) is 9.78 Å². The molecule has 2 heterocycles. The second-order valence-corrected chi connectivity index (χ2v) is 8.13. The van der Waals surface area contributed by atoms with Crippen LogP contribution in [0.2, 0.25) is 0 Å². The first-order valence-electron chi connectivity index (χ1n) is 10.5. The van der Waals surface area contributed by atoms with Crippen LogP contribution in [0.5, 0.6) is 0 Å². The van der Waals surface area contributed by atoms with Crippen LogP contribution in [-0.2, 0) is 12.7 Å². The normalized spacial score (nSPS) is 16.8. The quantitative estimate of drug-likeness (QED) is 0.469. The molecular formula is C25H22F3N3O. The number of alkyl halides is 3. The molecule has 1 aromatic heterocycles. The molecular weight excluding hydrogens is 415 g/mol. The Morgan fingerprint density at radius 2 is 1.69 bits per heavy atom. The van der Waals surface area contributed by atoms with Crippen molar-refractivity contribution in [3.63, 3.8) is 0 Å². The van der Waals surface area contributed by atoms with Crippen molar-refractivity contribution in [3.8, 4) is 11.3 Å². The van der Waals surface area contributed by atoms with E-state index >= 15 is 0 Å². The Labute approximate surface area is 183 Å². The number of halogens is 3. The number of hydrogen-bond donors (Lipinski definition) is 1. The summed E-state index contributed by atoms with van der Waals surface area (Å²) in [6.45, 7) is 1.73. The summed E-state index contributed by atoms with van der Waals surface area (Å²) in [7, 11) is 0. The van der Waals surface area contributed by atoms with E-state index in [4.69, 9.17) is 0 Å². The summed E-state index contributed by atoms with van der Waals surface area (Å²) in [6.07, 6.45) is -4.08. The molecule has 1 saturated heterocycles. The van der Waals surface area contributed by atoms with Gasteiger partial charge in [0.05, 0.1) is 23.9 Å². The van der Waals surface area contributed by atoms with Crippen LogP contribution in [0.25, 0.3) is 22.2 Å². The molecule has 0 spiro atoms. The van der Waals surface area contributed by atoms with Crippen LogP contribution in [0.3, 0.4) is 0 Å². The molecule has 0 radical (unpaired) electrons. The fourth-order valence-electron chi connectivity index (χ4n) is 4.36. The summed E-state index contributed by atoms with van der Waals surface area (Å²) >= 11 is 0. The lowest BCUT2D eigenvalue weighted by atomic mass is 10.0. The van der Waals surface area contributed by atoms with Crippen molar-refractivity contribution in [1.29, 1.82) is 0 Å². The third kappa shape index (κ3) is 3.84. The second-order valence-electron chi connectivity index (χ2n) is 8.13. The number of nitrogens with zero attached hydrogens (tertiary/aromatic N) is 3. The SMILES string of the molecule is OC1CCN(c2ccc(-c3c4cccc(C(F)(F)F)c4nn3Cc3ccccc3)cc2)C1. The molecule has 0 aliphatic carbocycles. The van der Waals surface area contributed by atoms with Gasteiger partial charge in [-0.2, -0.15) is 18.3 Å². The summed E-state index contributed by atoms with van der Waals surface area (Å²) in [5.41, 5.74) is 2.62. The Hall–Kier alpha value is -3.32. The monoisotopic (exact) mass is 437 g/mol. The smallest absolute Gasteiger partial charge is 0.391 e. The molecule has 0 amide bonds. The van der Waals surface area contributed by atoms with Crippen molar-refractivity contribution in [2.45, 2.75) is 25.2 Å². The average Bonchev–Trinajstić information content (AvgIpc) is 3.37. The Bertz CT molecular complexity index is 1230. The van der Waals surface area contributed by atoms with Crippen molar-refractivity contribution in [2.24, 2.45) is 0 Å². The van der Waals surface area contributed by atoms with Crippen LogP contribution in [0.1, 0.15) is 17.5 Å². The molecule has 4 nitrogen and oxygen atoms in total. The number of anilines is 1. The van der Waals surface area contributed by atoms with Crippen LogP contribution >= 0.6 is 0 Å². The molecule has 7 heteroatoms. The van der Waals surface area contributed by atoms with Gasteiger partial charge in [-0.3, -0.25) is 4.68 Å². The summed E-state index contributed by atoms with van der Waals surface area (Å²) in [5.74, 6) is 0. The largest absolute Gasteiger partial charge is 0.418 e. The minimum atomic E-state index is -4.48. The van der Waals surface area contributed by atoms with E-state index in [1.807, 2.05) is 54.6 Å². The third-order valence-corrected chi connectivity index (χ3v) is 5.92. The number of hydrogen-bond acceptors (Lipinski definition) is 3. The number of aliphatic hydroxyl groups excluding tert-OH is 1. The van der Waals surface area contributed by atoms with Gasteiger partial charge < -0.3 is 10.0 Å². The summed E-state index contributed by atoms with van der Waals surface area (Å²) in [5, 5.41) is 14.7. The van der Waals surface area contributed by atoms with Gasteiger partial charge in [0.1, 0.15) is 5.52 Å². The highest BCUT2D eigenvalue weighted by molar-refractivity contribution is 5.95. The molecule has 1 unspecified atom stereocenters. The molecule has 0 bridgehead atoms. The van der Waals surface area contributed by atoms with Gasteiger partial charge in [-0.1, -0.05) is 54.6 Å². The standard InChI is InChI=1S/C25H22F3N3O/c26-25(27,28)22-8-4-7-21-23(22)29-31(15-17-5-2-1-3-6-17)24(21)18-9-11-19(12-10-18)30-14-13-20(32)16-30/h1-12,20,32H,13-16H2. The Morgan fingerprint density at radius 1 is 0.938 bits per heavy atom. The number of β-amino-alcohol motifs (C(OH)–C–C–N with tert-alkyl or cyclic N) is 1. The molecule has 32 heavy (non-hydrogen) atoms. The van der Waals surface area contributed by atoms with Crippen LogP contribution in [0, 0.1) is 0 Å². The molecule has 1 atom stereocenters. The van der Waals surface area contributed by atoms with E-state index in [9.17, 15) is 18.3 Å². The first-order valence-corrected chi connectivity index (χ1v) is 10.5. The fraction of sp³-hybridized carbons (Fsp3) is 0.240. The van der Waals surface area contributed by atoms with Crippen molar-refractivity contribution >= 4 is 16.6 Å².